The predicted octanol–water partition coefficient (Wildman–Crippen LogP) is 3.28. The first-order chi connectivity index (χ1) is 5.72. The molecule has 0 bridgehead atoms. The minimum atomic E-state index is 0.111. The van der Waals surface area contributed by atoms with E-state index in [1.165, 1.54) is 5.56 Å². The monoisotopic (exact) mass is 230 g/mol. The van der Waals surface area contributed by atoms with Gasteiger partial charge in [0.15, 0.2) is 0 Å². The van der Waals surface area contributed by atoms with Gasteiger partial charge in [-0.15, -0.1) is 0 Å². The number of hydrogen-bond acceptors (Lipinski definition) is 1. The molecular weight excluding hydrogens is 216 g/mol. The van der Waals surface area contributed by atoms with E-state index >= 15 is 0 Å². The Bertz CT molecular complexity index is 213. The Hall–Kier alpha value is -0.340. The molecule has 0 saturated carbocycles. The lowest BCUT2D eigenvalue weighted by molar-refractivity contribution is 0.281. The normalized spacial score (nSPS) is 8.75. The maximum atomic E-state index is 8.77. The van der Waals surface area contributed by atoms with Crippen molar-refractivity contribution in [2.75, 3.05) is 0 Å². The van der Waals surface area contributed by atoms with Crippen molar-refractivity contribution in [3.05, 3.63) is 33.8 Å². The van der Waals surface area contributed by atoms with Crippen LogP contribution in [0, 0.1) is 6.92 Å². The van der Waals surface area contributed by atoms with Gasteiger partial charge in [0, 0.05) is 4.47 Å². The van der Waals surface area contributed by atoms with Gasteiger partial charge < -0.3 is 5.11 Å². The lowest BCUT2D eigenvalue weighted by Crippen LogP contribution is -1.83. The molecule has 0 unspecified atom stereocenters. The lowest BCUT2D eigenvalue weighted by atomic mass is 10.1. The standard InChI is InChI=1S/C8H9BrO.C2H6/c1-6-2-7(5-10)4-8(9)3-6;1-2/h2-4,10H,5H2,1H3;1-2H3. The zero-order valence-electron chi connectivity index (χ0n) is 7.76. The molecule has 2 heteroatoms. The van der Waals surface area contributed by atoms with E-state index in [0.717, 1.165) is 10.0 Å². The molecule has 12 heavy (non-hydrogen) atoms. The third-order valence-electron chi connectivity index (χ3n) is 1.28. The highest BCUT2D eigenvalue weighted by atomic mass is 79.9. The third kappa shape index (κ3) is 3.88. The van der Waals surface area contributed by atoms with Gasteiger partial charge in [-0.1, -0.05) is 35.8 Å². The first-order valence-corrected chi connectivity index (χ1v) is 4.88. The largest absolute Gasteiger partial charge is 0.392 e. The fourth-order valence-electron chi connectivity index (χ4n) is 0.903. The van der Waals surface area contributed by atoms with E-state index in [1.54, 1.807) is 0 Å². The Morgan fingerprint density at radius 1 is 1.25 bits per heavy atom. The summed E-state index contributed by atoms with van der Waals surface area (Å²) in [5, 5.41) is 8.77. The summed E-state index contributed by atoms with van der Waals surface area (Å²) in [5.74, 6) is 0. The number of halogens is 1. The Kier molecular flexibility index (Phi) is 6.03. The average Bonchev–Trinajstić information content (AvgIpc) is 2.06. The molecule has 0 aliphatic rings. The second kappa shape index (κ2) is 6.21. The molecule has 0 aliphatic carbocycles. The number of hydrogen-bond donors (Lipinski definition) is 1. The summed E-state index contributed by atoms with van der Waals surface area (Å²) in [6.07, 6.45) is 0. The summed E-state index contributed by atoms with van der Waals surface area (Å²) in [6, 6.07) is 5.89. The minimum Gasteiger partial charge on any atom is -0.392 e. The van der Waals surface area contributed by atoms with Crippen LogP contribution < -0.4 is 0 Å². The molecule has 0 spiro atoms. The number of benzene rings is 1. The van der Waals surface area contributed by atoms with E-state index in [0.29, 0.717) is 0 Å². The van der Waals surface area contributed by atoms with Crippen molar-refractivity contribution in [2.45, 2.75) is 27.4 Å². The van der Waals surface area contributed by atoms with Crippen LogP contribution >= 0.6 is 15.9 Å². The van der Waals surface area contributed by atoms with Gasteiger partial charge in [-0.05, 0) is 30.2 Å². The van der Waals surface area contributed by atoms with Gasteiger partial charge in [0.05, 0.1) is 6.61 Å². The molecule has 0 aromatic heterocycles. The summed E-state index contributed by atoms with van der Waals surface area (Å²) in [6.45, 7) is 6.12. The first kappa shape index (κ1) is 11.7. The van der Waals surface area contributed by atoms with E-state index in [-0.39, 0.29) is 6.61 Å². The number of aryl methyl sites for hydroxylation is 1. The zero-order chi connectivity index (χ0) is 9.56. The van der Waals surface area contributed by atoms with Gasteiger partial charge in [0.25, 0.3) is 0 Å². The van der Waals surface area contributed by atoms with Crippen molar-refractivity contribution in [1.82, 2.24) is 0 Å². The molecule has 0 amide bonds. The number of aliphatic hydroxyl groups is 1. The second-order valence-electron chi connectivity index (χ2n) is 2.29. The molecule has 1 nitrogen and oxygen atoms in total. The predicted molar refractivity (Wildman–Crippen MR) is 56.1 cm³/mol. The molecular formula is C10H15BrO. The van der Waals surface area contributed by atoms with Gasteiger partial charge in [0.1, 0.15) is 0 Å². The van der Waals surface area contributed by atoms with Crippen molar-refractivity contribution in [1.29, 1.82) is 0 Å². The van der Waals surface area contributed by atoms with E-state index in [1.807, 2.05) is 39.0 Å². The maximum Gasteiger partial charge on any atom is 0.0682 e. The molecule has 0 saturated heterocycles. The molecule has 1 aromatic carbocycles. The van der Waals surface area contributed by atoms with E-state index < -0.39 is 0 Å². The van der Waals surface area contributed by atoms with Crippen LogP contribution in [0.4, 0.5) is 0 Å². The van der Waals surface area contributed by atoms with Crippen LogP contribution in [0.2, 0.25) is 0 Å². The van der Waals surface area contributed by atoms with Crippen molar-refractivity contribution in [3.63, 3.8) is 0 Å². The molecule has 0 radical (unpaired) electrons. The molecule has 68 valence electrons. The summed E-state index contributed by atoms with van der Waals surface area (Å²) in [4.78, 5) is 0. The molecule has 0 fully saturated rings. The summed E-state index contributed by atoms with van der Waals surface area (Å²) < 4.78 is 1.02. The van der Waals surface area contributed by atoms with E-state index in [4.69, 9.17) is 5.11 Å². The van der Waals surface area contributed by atoms with Gasteiger partial charge >= 0.3 is 0 Å². The number of aliphatic hydroxyl groups excluding tert-OH is 1. The van der Waals surface area contributed by atoms with Gasteiger partial charge in [-0.3, -0.25) is 0 Å². The number of rotatable bonds is 1. The van der Waals surface area contributed by atoms with Crippen LogP contribution in [0.3, 0.4) is 0 Å². The fourth-order valence-corrected chi connectivity index (χ4v) is 1.56. The Morgan fingerprint density at radius 2 is 1.83 bits per heavy atom. The molecule has 1 rings (SSSR count). The summed E-state index contributed by atoms with van der Waals surface area (Å²) in [7, 11) is 0. The van der Waals surface area contributed by atoms with Crippen LogP contribution in [-0.4, -0.2) is 5.11 Å². The third-order valence-corrected chi connectivity index (χ3v) is 1.74. The van der Waals surface area contributed by atoms with Crippen LogP contribution in [0.5, 0.6) is 0 Å². The quantitative estimate of drug-likeness (QED) is 0.786. The van der Waals surface area contributed by atoms with E-state index in [9.17, 15) is 0 Å². The second-order valence-corrected chi connectivity index (χ2v) is 3.21. The highest BCUT2D eigenvalue weighted by molar-refractivity contribution is 9.10. The fraction of sp³-hybridized carbons (Fsp3) is 0.400. The highest BCUT2D eigenvalue weighted by Gasteiger charge is 1.93. The maximum absolute atomic E-state index is 8.77. The van der Waals surface area contributed by atoms with Crippen LogP contribution in [0.1, 0.15) is 25.0 Å². The molecule has 0 atom stereocenters. The molecule has 1 N–H and O–H groups in total. The van der Waals surface area contributed by atoms with Crippen molar-refractivity contribution in [2.24, 2.45) is 0 Å². The average molecular weight is 231 g/mol. The van der Waals surface area contributed by atoms with Crippen LogP contribution in [0.25, 0.3) is 0 Å². The smallest absolute Gasteiger partial charge is 0.0682 e. The van der Waals surface area contributed by atoms with E-state index in [2.05, 4.69) is 15.9 Å². The van der Waals surface area contributed by atoms with Gasteiger partial charge in [0.2, 0.25) is 0 Å². The van der Waals surface area contributed by atoms with Crippen LogP contribution in [-0.2, 0) is 6.61 Å². The summed E-state index contributed by atoms with van der Waals surface area (Å²) in [5.41, 5.74) is 2.12. The topological polar surface area (TPSA) is 20.2 Å². The highest BCUT2D eigenvalue weighted by Crippen LogP contribution is 2.14. The van der Waals surface area contributed by atoms with Gasteiger partial charge in [-0.2, -0.15) is 0 Å². The van der Waals surface area contributed by atoms with Crippen molar-refractivity contribution >= 4 is 15.9 Å². The SMILES string of the molecule is CC.Cc1cc(Br)cc(CO)c1. The summed E-state index contributed by atoms with van der Waals surface area (Å²) >= 11 is 3.34. The Morgan fingerprint density at radius 3 is 2.25 bits per heavy atom. The van der Waals surface area contributed by atoms with Crippen molar-refractivity contribution < 1.29 is 5.11 Å². The van der Waals surface area contributed by atoms with Gasteiger partial charge in [-0.25, -0.2) is 0 Å². The lowest BCUT2D eigenvalue weighted by Gasteiger charge is -1.98. The molecule has 1 aromatic rings. The Labute approximate surface area is 82.6 Å². The molecule has 0 heterocycles. The minimum absolute atomic E-state index is 0.111. The zero-order valence-corrected chi connectivity index (χ0v) is 9.35. The Balaban J connectivity index is 0.000000561. The van der Waals surface area contributed by atoms with Crippen LogP contribution in [0.15, 0.2) is 22.7 Å². The molecule has 0 aliphatic heterocycles. The first-order valence-electron chi connectivity index (χ1n) is 4.09. The van der Waals surface area contributed by atoms with Crippen molar-refractivity contribution in [3.8, 4) is 0 Å².